The lowest BCUT2D eigenvalue weighted by molar-refractivity contribution is -0.140. The van der Waals surface area contributed by atoms with Crippen LogP contribution >= 0.6 is 0 Å². The first-order valence-corrected chi connectivity index (χ1v) is 10.4. The first kappa shape index (κ1) is 24.5. The third-order valence-corrected chi connectivity index (χ3v) is 5.19. The second kappa shape index (κ2) is 11.6. The Morgan fingerprint density at radius 2 is 1.55 bits per heavy atom. The summed E-state index contributed by atoms with van der Waals surface area (Å²) in [5.41, 5.74) is 5.79. The second-order valence-corrected chi connectivity index (χ2v) is 7.63. The van der Waals surface area contributed by atoms with Gasteiger partial charge < -0.3 is 16.4 Å². The van der Waals surface area contributed by atoms with Crippen molar-refractivity contribution in [3.8, 4) is 0 Å². The lowest BCUT2D eigenvalue weighted by atomic mass is 9.86. The van der Waals surface area contributed by atoms with Gasteiger partial charge in [-0.3, -0.25) is 38.6 Å². The van der Waals surface area contributed by atoms with Crippen LogP contribution in [0.15, 0.2) is 0 Å². The summed E-state index contributed by atoms with van der Waals surface area (Å²) in [7, 11) is 5.53. The number of likely N-dealkylation sites (tertiary alicyclic amines) is 2. The molecule has 2 atom stereocenters. The standard InChI is InChI=1S/C19H28BN5O6/c20-12-11-17(29)25(19(12)31)10-1-7-22-14(26)4-3-13(21)18(30)23-8-2-9-24-15(27)5-6-16(24)28/h12-13H,1-11,21H2,(H,22,26)(H,23,30)/t12-,13+/m1/s1. The number of amides is 6. The number of carbonyl (C=O) groups is 6. The minimum atomic E-state index is -0.859. The Kier molecular flexibility index (Phi) is 9.16. The van der Waals surface area contributed by atoms with E-state index in [-0.39, 0.29) is 81.9 Å². The Morgan fingerprint density at radius 3 is 2.13 bits per heavy atom. The molecule has 2 aliphatic rings. The fourth-order valence-electron chi connectivity index (χ4n) is 3.37. The van der Waals surface area contributed by atoms with Crippen molar-refractivity contribution in [2.75, 3.05) is 26.2 Å². The van der Waals surface area contributed by atoms with Crippen LogP contribution in [0.5, 0.6) is 0 Å². The lowest BCUT2D eigenvalue weighted by Gasteiger charge is -2.16. The van der Waals surface area contributed by atoms with Gasteiger partial charge in [-0.15, -0.1) is 0 Å². The Hall–Kier alpha value is -2.76. The molecule has 2 radical (unpaired) electrons. The van der Waals surface area contributed by atoms with Gasteiger partial charge in [-0.1, -0.05) is 0 Å². The minimum Gasteiger partial charge on any atom is -0.356 e. The maximum Gasteiger partial charge on any atom is 0.236 e. The van der Waals surface area contributed by atoms with Gasteiger partial charge in [-0.25, -0.2) is 0 Å². The molecule has 0 aromatic carbocycles. The molecule has 2 fully saturated rings. The first-order chi connectivity index (χ1) is 14.7. The molecule has 0 spiro atoms. The average Bonchev–Trinajstić information content (AvgIpc) is 3.17. The smallest absolute Gasteiger partial charge is 0.236 e. The Balaban J connectivity index is 1.53. The van der Waals surface area contributed by atoms with Gasteiger partial charge in [0.1, 0.15) is 0 Å². The van der Waals surface area contributed by atoms with Crippen LogP contribution in [0.3, 0.4) is 0 Å². The zero-order valence-corrected chi connectivity index (χ0v) is 17.4. The number of nitrogens with two attached hydrogens (primary N) is 1. The number of nitrogens with zero attached hydrogens (tertiary/aromatic N) is 2. The third kappa shape index (κ3) is 7.16. The van der Waals surface area contributed by atoms with Crippen LogP contribution in [0.2, 0.25) is 5.82 Å². The highest BCUT2D eigenvalue weighted by atomic mass is 16.2. The molecular weight excluding hydrogens is 405 g/mol. The van der Waals surface area contributed by atoms with E-state index in [1.807, 2.05) is 0 Å². The first-order valence-electron chi connectivity index (χ1n) is 10.4. The normalized spacial score (nSPS) is 19.8. The number of hydrogen-bond acceptors (Lipinski definition) is 7. The van der Waals surface area contributed by atoms with Crippen molar-refractivity contribution in [1.29, 1.82) is 0 Å². The lowest BCUT2D eigenvalue weighted by Crippen LogP contribution is -2.42. The van der Waals surface area contributed by atoms with Gasteiger partial charge in [0.05, 0.1) is 13.9 Å². The zero-order valence-electron chi connectivity index (χ0n) is 17.4. The van der Waals surface area contributed by atoms with Gasteiger partial charge in [0.2, 0.25) is 35.4 Å². The number of hydrogen-bond donors (Lipinski definition) is 3. The van der Waals surface area contributed by atoms with Crippen LogP contribution in [0.1, 0.15) is 44.9 Å². The molecule has 0 aromatic rings. The molecule has 0 bridgehead atoms. The number of carbonyl (C=O) groups excluding carboxylic acids is 6. The molecule has 11 nitrogen and oxygen atoms in total. The molecule has 2 heterocycles. The topological polar surface area (TPSA) is 159 Å². The summed E-state index contributed by atoms with van der Waals surface area (Å²) in [6.45, 7) is 1.01. The fourth-order valence-corrected chi connectivity index (χ4v) is 3.37. The highest BCUT2D eigenvalue weighted by Gasteiger charge is 2.34. The number of imide groups is 2. The molecule has 31 heavy (non-hydrogen) atoms. The predicted molar refractivity (Wildman–Crippen MR) is 109 cm³/mol. The molecule has 0 unspecified atom stereocenters. The van der Waals surface area contributed by atoms with E-state index in [0.29, 0.717) is 12.8 Å². The molecule has 2 saturated heterocycles. The van der Waals surface area contributed by atoms with Crippen LogP contribution in [0, 0.1) is 0 Å². The van der Waals surface area contributed by atoms with Gasteiger partial charge in [0, 0.05) is 57.7 Å². The van der Waals surface area contributed by atoms with E-state index in [9.17, 15) is 28.8 Å². The molecule has 0 aliphatic carbocycles. The summed E-state index contributed by atoms with van der Waals surface area (Å²) >= 11 is 0. The van der Waals surface area contributed by atoms with E-state index in [4.69, 9.17) is 13.6 Å². The Labute approximate surface area is 181 Å². The van der Waals surface area contributed by atoms with Crippen LogP contribution in [-0.4, -0.2) is 85.3 Å². The molecular formula is C19H28BN5O6. The van der Waals surface area contributed by atoms with Crippen LogP contribution in [-0.2, 0) is 28.8 Å². The summed E-state index contributed by atoms with van der Waals surface area (Å²) in [5.74, 6) is -2.56. The quantitative estimate of drug-likeness (QED) is 0.182. The highest BCUT2D eigenvalue weighted by molar-refractivity contribution is 6.29. The van der Waals surface area contributed by atoms with Crippen molar-refractivity contribution in [2.24, 2.45) is 5.73 Å². The fraction of sp³-hybridized carbons (Fsp3) is 0.684. The van der Waals surface area contributed by atoms with Crippen molar-refractivity contribution < 1.29 is 28.8 Å². The van der Waals surface area contributed by atoms with E-state index in [0.717, 1.165) is 4.90 Å². The van der Waals surface area contributed by atoms with Gasteiger partial charge in [-0.05, 0) is 19.3 Å². The largest absolute Gasteiger partial charge is 0.356 e. The van der Waals surface area contributed by atoms with E-state index < -0.39 is 23.7 Å². The predicted octanol–water partition coefficient (Wildman–Crippen LogP) is -2.03. The van der Waals surface area contributed by atoms with Crippen molar-refractivity contribution in [1.82, 2.24) is 20.4 Å². The van der Waals surface area contributed by atoms with E-state index >= 15 is 0 Å². The molecule has 0 aromatic heterocycles. The van der Waals surface area contributed by atoms with Gasteiger partial charge in [0.15, 0.2) is 0 Å². The maximum absolute atomic E-state index is 12.0. The number of rotatable bonds is 12. The van der Waals surface area contributed by atoms with Crippen molar-refractivity contribution in [3.05, 3.63) is 0 Å². The molecule has 4 N–H and O–H groups in total. The van der Waals surface area contributed by atoms with Crippen LogP contribution < -0.4 is 16.4 Å². The van der Waals surface area contributed by atoms with Crippen LogP contribution in [0.4, 0.5) is 0 Å². The van der Waals surface area contributed by atoms with E-state index in [1.54, 1.807) is 0 Å². The second-order valence-electron chi connectivity index (χ2n) is 7.63. The van der Waals surface area contributed by atoms with Gasteiger partial charge >= 0.3 is 0 Å². The Bertz CT molecular complexity index is 729. The van der Waals surface area contributed by atoms with Crippen molar-refractivity contribution >= 4 is 43.3 Å². The summed E-state index contributed by atoms with van der Waals surface area (Å²) < 4.78 is 0. The molecule has 2 rings (SSSR count). The van der Waals surface area contributed by atoms with Crippen molar-refractivity contribution in [3.63, 3.8) is 0 Å². The van der Waals surface area contributed by atoms with Gasteiger partial charge in [0.25, 0.3) is 0 Å². The minimum absolute atomic E-state index is 0.0135. The summed E-state index contributed by atoms with van der Waals surface area (Å²) in [5, 5.41) is 5.29. The SMILES string of the molecule is [B][C@@H]1CC(=O)N(CCCNC(=O)CC[C@H](N)C(=O)NCCCN2C(=O)CCC2=O)C1=O. The summed E-state index contributed by atoms with van der Waals surface area (Å²) in [6.07, 6.45) is 1.53. The third-order valence-electron chi connectivity index (χ3n) is 5.19. The molecule has 2 aliphatic heterocycles. The summed E-state index contributed by atoms with van der Waals surface area (Å²) in [4.78, 5) is 72.4. The molecule has 12 heteroatoms. The monoisotopic (exact) mass is 433 g/mol. The molecule has 6 amide bonds. The number of nitrogens with one attached hydrogen (secondary N) is 2. The van der Waals surface area contributed by atoms with E-state index in [2.05, 4.69) is 10.6 Å². The maximum atomic E-state index is 12.0. The zero-order chi connectivity index (χ0) is 23.0. The highest BCUT2D eigenvalue weighted by Crippen LogP contribution is 2.21. The molecule has 168 valence electrons. The molecule has 0 saturated carbocycles. The average molecular weight is 433 g/mol. The van der Waals surface area contributed by atoms with Gasteiger partial charge in [-0.2, -0.15) is 0 Å². The van der Waals surface area contributed by atoms with Crippen LogP contribution in [0.25, 0.3) is 0 Å². The van der Waals surface area contributed by atoms with Crippen molar-refractivity contribution in [2.45, 2.75) is 56.8 Å². The summed E-state index contributed by atoms with van der Waals surface area (Å²) in [6, 6.07) is -0.859. The van der Waals surface area contributed by atoms with E-state index in [1.165, 1.54) is 4.90 Å². The Morgan fingerprint density at radius 1 is 0.968 bits per heavy atom.